The first kappa shape index (κ1) is 16.8. The van der Waals surface area contributed by atoms with Crippen molar-refractivity contribution in [2.24, 2.45) is 0 Å². The largest absolute Gasteiger partial charge is 0.361 e. The number of nitrogens with zero attached hydrogens (tertiary/aromatic N) is 2. The molecule has 1 aromatic heterocycles. The van der Waals surface area contributed by atoms with Crippen molar-refractivity contribution in [2.45, 2.75) is 13.5 Å². The number of carbonyl (C=O) groups is 1. The molecule has 1 amide bonds. The quantitative estimate of drug-likeness (QED) is 0.783. The number of benzene rings is 2. The van der Waals surface area contributed by atoms with Crippen molar-refractivity contribution < 1.29 is 9.18 Å². The fourth-order valence-electron chi connectivity index (χ4n) is 3.53. The highest BCUT2D eigenvalue weighted by atomic mass is 19.1. The normalized spacial score (nSPS) is 15.5. The molecule has 0 spiro atoms. The Hall–Kier alpha value is -2.66. The monoisotopic (exact) mass is 351 g/mol. The molecule has 1 N–H and O–H groups in total. The summed E-state index contributed by atoms with van der Waals surface area (Å²) in [6, 6.07) is 12.5. The molecule has 4 nitrogen and oxygen atoms in total. The first-order valence-electron chi connectivity index (χ1n) is 8.94. The Balaban J connectivity index is 1.39. The topological polar surface area (TPSA) is 39.3 Å². The number of nitrogens with one attached hydrogen (secondary N) is 1. The van der Waals surface area contributed by atoms with Crippen LogP contribution in [0.1, 0.15) is 21.5 Å². The molecule has 1 fully saturated rings. The summed E-state index contributed by atoms with van der Waals surface area (Å²) in [5.41, 5.74) is 4.05. The second kappa shape index (κ2) is 6.92. The van der Waals surface area contributed by atoms with Crippen molar-refractivity contribution in [3.63, 3.8) is 0 Å². The number of carbonyl (C=O) groups excluding carboxylic acids is 1. The van der Waals surface area contributed by atoms with Gasteiger partial charge in [0.1, 0.15) is 5.82 Å². The third-order valence-corrected chi connectivity index (χ3v) is 5.11. The maximum Gasteiger partial charge on any atom is 0.253 e. The lowest BCUT2D eigenvalue weighted by molar-refractivity contribution is 0.0628. The molecule has 1 saturated heterocycles. The van der Waals surface area contributed by atoms with E-state index in [0.29, 0.717) is 13.1 Å². The molecule has 134 valence electrons. The van der Waals surface area contributed by atoms with Gasteiger partial charge in [-0.1, -0.05) is 12.1 Å². The van der Waals surface area contributed by atoms with Gasteiger partial charge in [-0.15, -0.1) is 0 Å². The van der Waals surface area contributed by atoms with Crippen molar-refractivity contribution in [2.75, 3.05) is 26.2 Å². The number of aryl methyl sites for hydroxylation is 1. The maximum atomic E-state index is 13.0. The molecule has 26 heavy (non-hydrogen) atoms. The lowest BCUT2D eigenvalue weighted by Gasteiger charge is -2.34. The molecule has 1 aliphatic heterocycles. The number of H-pyrrole nitrogens is 1. The lowest BCUT2D eigenvalue weighted by Crippen LogP contribution is -2.48. The van der Waals surface area contributed by atoms with Crippen LogP contribution in [0.25, 0.3) is 10.9 Å². The number of hydrogen-bond acceptors (Lipinski definition) is 2. The number of piperazine rings is 1. The number of amides is 1. The summed E-state index contributed by atoms with van der Waals surface area (Å²) in [4.78, 5) is 20.3. The van der Waals surface area contributed by atoms with E-state index in [1.807, 2.05) is 48.4 Å². The molecule has 0 atom stereocenters. The Kier molecular flexibility index (Phi) is 4.47. The number of fused-ring (bicyclic) bond motifs is 1. The Morgan fingerprint density at radius 1 is 1.08 bits per heavy atom. The van der Waals surface area contributed by atoms with E-state index < -0.39 is 0 Å². The summed E-state index contributed by atoms with van der Waals surface area (Å²) in [6.45, 7) is 5.91. The average Bonchev–Trinajstić information content (AvgIpc) is 3.04. The minimum Gasteiger partial charge on any atom is -0.361 e. The van der Waals surface area contributed by atoms with Crippen LogP contribution in [0, 0.1) is 12.7 Å². The van der Waals surface area contributed by atoms with Gasteiger partial charge in [0.2, 0.25) is 0 Å². The number of hydrogen-bond donors (Lipinski definition) is 1. The van der Waals surface area contributed by atoms with E-state index in [9.17, 15) is 9.18 Å². The highest BCUT2D eigenvalue weighted by molar-refractivity contribution is 5.98. The van der Waals surface area contributed by atoms with Gasteiger partial charge >= 0.3 is 0 Å². The molecule has 0 aliphatic carbocycles. The smallest absolute Gasteiger partial charge is 0.253 e. The van der Waals surface area contributed by atoms with Crippen LogP contribution in [0.4, 0.5) is 4.39 Å². The van der Waals surface area contributed by atoms with Crippen LogP contribution in [-0.2, 0) is 6.54 Å². The molecule has 3 aromatic rings. The van der Waals surface area contributed by atoms with Gasteiger partial charge in [-0.2, -0.15) is 0 Å². The van der Waals surface area contributed by atoms with Crippen LogP contribution < -0.4 is 0 Å². The molecule has 5 heteroatoms. The van der Waals surface area contributed by atoms with Gasteiger partial charge in [0.05, 0.1) is 0 Å². The summed E-state index contributed by atoms with van der Waals surface area (Å²) in [5.74, 6) is -0.118. The van der Waals surface area contributed by atoms with Crippen molar-refractivity contribution in [1.82, 2.24) is 14.8 Å². The Bertz CT molecular complexity index is 924. The van der Waals surface area contributed by atoms with Gasteiger partial charge in [0.15, 0.2) is 0 Å². The summed E-state index contributed by atoms with van der Waals surface area (Å²) in [5, 5.41) is 1.10. The Labute approximate surface area is 152 Å². The van der Waals surface area contributed by atoms with Crippen molar-refractivity contribution in [3.05, 3.63) is 71.2 Å². The third-order valence-electron chi connectivity index (χ3n) is 5.11. The molecule has 2 aromatic carbocycles. The molecule has 1 aliphatic rings. The van der Waals surface area contributed by atoms with Crippen LogP contribution in [0.5, 0.6) is 0 Å². The van der Waals surface area contributed by atoms with Crippen LogP contribution >= 0.6 is 0 Å². The Morgan fingerprint density at radius 3 is 2.54 bits per heavy atom. The van der Waals surface area contributed by atoms with Gasteiger partial charge in [-0.05, 0) is 48.4 Å². The summed E-state index contributed by atoms with van der Waals surface area (Å²) in [7, 11) is 0. The first-order chi connectivity index (χ1) is 12.6. The van der Waals surface area contributed by atoms with E-state index >= 15 is 0 Å². The fraction of sp³-hybridized carbons (Fsp3) is 0.286. The van der Waals surface area contributed by atoms with Crippen molar-refractivity contribution in [1.29, 1.82) is 0 Å². The number of rotatable bonds is 3. The van der Waals surface area contributed by atoms with Crippen LogP contribution in [0.3, 0.4) is 0 Å². The fourth-order valence-corrected chi connectivity index (χ4v) is 3.53. The van der Waals surface area contributed by atoms with Crippen LogP contribution in [0.15, 0.2) is 48.7 Å². The highest BCUT2D eigenvalue weighted by Gasteiger charge is 2.22. The minimum atomic E-state index is -0.209. The molecule has 0 bridgehead atoms. The number of aromatic nitrogens is 1. The van der Waals surface area contributed by atoms with E-state index in [4.69, 9.17) is 0 Å². The van der Waals surface area contributed by atoms with Gasteiger partial charge in [0.25, 0.3) is 5.91 Å². The van der Waals surface area contributed by atoms with Crippen molar-refractivity contribution >= 4 is 16.8 Å². The van der Waals surface area contributed by atoms with Crippen molar-refractivity contribution in [3.8, 4) is 0 Å². The zero-order valence-corrected chi connectivity index (χ0v) is 14.8. The zero-order valence-electron chi connectivity index (χ0n) is 14.8. The molecule has 2 heterocycles. The standard InChI is InChI=1S/C21H22FN3O/c1-15-13-23-20-7-4-17(12-19(15)20)21(26)25-10-8-24(9-11-25)14-16-2-5-18(22)6-3-16/h2-7,12-13,23H,8-11,14H2,1H3. The first-order valence-corrected chi connectivity index (χ1v) is 8.94. The van der Waals surface area contributed by atoms with E-state index in [-0.39, 0.29) is 11.7 Å². The lowest BCUT2D eigenvalue weighted by atomic mass is 10.1. The highest BCUT2D eigenvalue weighted by Crippen LogP contribution is 2.20. The molecule has 4 rings (SSSR count). The summed E-state index contributed by atoms with van der Waals surface area (Å²) < 4.78 is 13.0. The second-order valence-electron chi connectivity index (χ2n) is 6.93. The molecular weight excluding hydrogens is 329 g/mol. The average molecular weight is 351 g/mol. The van der Waals surface area contributed by atoms with Crippen LogP contribution in [0.2, 0.25) is 0 Å². The zero-order chi connectivity index (χ0) is 18.1. The SMILES string of the molecule is Cc1c[nH]c2ccc(C(=O)N3CCN(Cc4ccc(F)cc4)CC3)cc12. The third kappa shape index (κ3) is 3.35. The Morgan fingerprint density at radius 2 is 1.81 bits per heavy atom. The van der Waals surface area contributed by atoms with E-state index in [1.54, 1.807) is 0 Å². The van der Waals surface area contributed by atoms with Gasteiger partial charge < -0.3 is 9.88 Å². The van der Waals surface area contributed by atoms with Gasteiger partial charge in [0, 0.05) is 55.4 Å². The van der Waals surface area contributed by atoms with Gasteiger partial charge in [-0.3, -0.25) is 9.69 Å². The van der Waals surface area contributed by atoms with Gasteiger partial charge in [-0.25, -0.2) is 4.39 Å². The van der Waals surface area contributed by atoms with E-state index in [1.165, 1.54) is 12.1 Å². The predicted octanol–water partition coefficient (Wildman–Crippen LogP) is 3.57. The minimum absolute atomic E-state index is 0.0916. The molecule has 0 radical (unpaired) electrons. The second-order valence-corrected chi connectivity index (χ2v) is 6.93. The predicted molar refractivity (Wildman–Crippen MR) is 101 cm³/mol. The van der Waals surface area contributed by atoms with Crippen LogP contribution in [-0.4, -0.2) is 46.9 Å². The molecule has 0 saturated carbocycles. The number of aromatic amines is 1. The van der Waals surface area contributed by atoms with E-state index in [0.717, 1.165) is 47.2 Å². The summed E-state index contributed by atoms with van der Waals surface area (Å²) >= 11 is 0. The molecule has 0 unspecified atom stereocenters. The maximum absolute atomic E-state index is 13.0. The molecular formula is C21H22FN3O. The van der Waals surface area contributed by atoms with E-state index in [2.05, 4.69) is 9.88 Å². The number of halogens is 1. The summed E-state index contributed by atoms with van der Waals surface area (Å²) in [6.07, 6.45) is 1.97.